The molecule has 1 aliphatic heterocycles. The summed E-state index contributed by atoms with van der Waals surface area (Å²) in [6.07, 6.45) is -3.18. The molecule has 10 nitrogen and oxygen atoms in total. The standard InChI is InChI=1S/C27H31F5N6O4/c1-3-38-18(8-10-33-38)23(39)36-22(16-5-4-9-26(28,29)12-16)24-34-17-11-15(6-7-20(17)42-24)19(14-41-2)37-13-21(27(30,31)32)35-25(37)40/h6-8,10-11,16,19,21-22H,3-5,9,12-14H2,1-2H3,(H,35,40)(H,36,39)/t16?,19-,21+,22-/m1/s1. The Kier molecular flexibility index (Phi) is 8.14. The molecule has 1 saturated heterocycles. The van der Waals surface area contributed by atoms with Gasteiger partial charge in [-0.3, -0.25) is 9.48 Å². The number of benzene rings is 1. The minimum absolute atomic E-state index is 0.0279. The number of fused-ring (bicyclic) bond motifs is 1. The summed E-state index contributed by atoms with van der Waals surface area (Å²) in [7, 11) is 1.37. The van der Waals surface area contributed by atoms with E-state index in [2.05, 4.69) is 15.4 Å². The number of amides is 3. The molecule has 4 atom stereocenters. The van der Waals surface area contributed by atoms with E-state index in [1.165, 1.54) is 24.1 Å². The number of hydrogen-bond acceptors (Lipinski definition) is 6. The van der Waals surface area contributed by atoms with Crippen LogP contribution in [0.4, 0.5) is 26.7 Å². The number of nitrogens with zero attached hydrogens (tertiary/aromatic N) is 4. The van der Waals surface area contributed by atoms with Gasteiger partial charge in [0, 0.05) is 32.7 Å². The molecule has 3 heterocycles. The fourth-order valence-electron chi connectivity index (χ4n) is 5.71. The zero-order valence-electron chi connectivity index (χ0n) is 23.0. The number of halogens is 5. The fraction of sp³-hybridized carbons (Fsp3) is 0.556. The molecule has 2 aromatic heterocycles. The highest BCUT2D eigenvalue weighted by molar-refractivity contribution is 5.92. The van der Waals surface area contributed by atoms with Crippen molar-refractivity contribution in [2.24, 2.45) is 5.92 Å². The fourth-order valence-corrected chi connectivity index (χ4v) is 5.71. The maximum absolute atomic E-state index is 14.5. The third kappa shape index (κ3) is 6.05. The second-order valence-corrected chi connectivity index (χ2v) is 10.6. The summed E-state index contributed by atoms with van der Waals surface area (Å²) in [6.45, 7) is 1.55. The van der Waals surface area contributed by atoms with Crippen molar-refractivity contribution in [2.75, 3.05) is 20.3 Å². The molecule has 5 rings (SSSR count). The molecule has 0 radical (unpaired) electrons. The van der Waals surface area contributed by atoms with Gasteiger partial charge < -0.3 is 24.7 Å². The van der Waals surface area contributed by atoms with Gasteiger partial charge in [0.1, 0.15) is 23.3 Å². The summed E-state index contributed by atoms with van der Waals surface area (Å²) >= 11 is 0. The number of oxazole rings is 1. The van der Waals surface area contributed by atoms with Gasteiger partial charge in [-0.1, -0.05) is 6.07 Å². The van der Waals surface area contributed by atoms with Crippen LogP contribution in [-0.4, -0.2) is 70.0 Å². The van der Waals surface area contributed by atoms with Gasteiger partial charge in [-0.2, -0.15) is 18.3 Å². The van der Waals surface area contributed by atoms with E-state index < -0.39 is 61.0 Å². The summed E-state index contributed by atoms with van der Waals surface area (Å²) in [4.78, 5) is 31.3. The van der Waals surface area contributed by atoms with E-state index in [1.54, 1.807) is 18.2 Å². The molecule has 42 heavy (non-hydrogen) atoms. The van der Waals surface area contributed by atoms with Gasteiger partial charge in [0.25, 0.3) is 5.91 Å². The first-order valence-electron chi connectivity index (χ1n) is 13.6. The molecule has 3 aromatic rings. The SMILES string of the molecule is CCn1nccc1C(=O)N[C@@H](c1nc2cc([C@@H](COC)N3C[C@@H](C(F)(F)F)NC3=O)ccc2o1)C1CCCC(F)(F)C1. The Bertz CT molecular complexity index is 1440. The molecule has 3 amide bonds. The summed E-state index contributed by atoms with van der Waals surface area (Å²) in [5, 5.41) is 8.88. The van der Waals surface area contributed by atoms with Gasteiger partial charge in [0.05, 0.1) is 19.2 Å². The Morgan fingerprint density at radius 2 is 2.10 bits per heavy atom. The number of methoxy groups -OCH3 is 1. The second kappa shape index (κ2) is 11.5. The summed E-state index contributed by atoms with van der Waals surface area (Å²) in [6, 6.07) is 1.45. The number of carbonyl (C=O) groups excluding carboxylic acids is 2. The Labute approximate surface area is 237 Å². The average Bonchev–Trinajstić information content (AvgIpc) is 3.67. The number of urea groups is 1. The van der Waals surface area contributed by atoms with E-state index in [4.69, 9.17) is 9.15 Å². The first kappa shape index (κ1) is 29.7. The third-order valence-corrected chi connectivity index (χ3v) is 7.80. The van der Waals surface area contributed by atoms with Crippen molar-refractivity contribution in [2.45, 2.75) is 69.4 Å². The zero-order chi connectivity index (χ0) is 30.2. The largest absolute Gasteiger partial charge is 0.438 e. The van der Waals surface area contributed by atoms with Crippen molar-refractivity contribution in [1.29, 1.82) is 0 Å². The number of ether oxygens (including phenoxy) is 1. The Morgan fingerprint density at radius 1 is 1.31 bits per heavy atom. The van der Waals surface area contributed by atoms with Crippen LogP contribution in [0.3, 0.4) is 0 Å². The third-order valence-electron chi connectivity index (χ3n) is 7.80. The minimum Gasteiger partial charge on any atom is -0.438 e. The Balaban J connectivity index is 1.47. The molecular weight excluding hydrogens is 567 g/mol. The van der Waals surface area contributed by atoms with Crippen LogP contribution in [-0.2, 0) is 11.3 Å². The highest BCUT2D eigenvalue weighted by Crippen LogP contribution is 2.43. The highest BCUT2D eigenvalue weighted by atomic mass is 19.4. The van der Waals surface area contributed by atoms with Crippen molar-refractivity contribution < 1.29 is 40.7 Å². The van der Waals surface area contributed by atoms with Crippen molar-refractivity contribution in [1.82, 2.24) is 30.3 Å². The lowest BCUT2D eigenvalue weighted by atomic mass is 9.81. The van der Waals surface area contributed by atoms with Crippen LogP contribution >= 0.6 is 0 Å². The number of aryl methyl sites for hydroxylation is 1. The number of alkyl halides is 5. The van der Waals surface area contributed by atoms with Gasteiger partial charge in [-0.25, -0.2) is 18.6 Å². The predicted octanol–water partition coefficient (Wildman–Crippen LogP) is 4.98. The van der Waals surface area contributed by atoms with Gasteiger partial charge >= 0.3 is 12.2 Å². The minimum atomic E-state index is -4.61. The second-order valence-electron chi connectivity index (χ2n) is 10.6. The van der Waals surface area contributed by atoms with Crippen LogP contribution in [0.15, 0.2) is 34.9 Å². The highest BCUT2D eigenvalue weighted by Gasteiger charge is 2.48. The van der Waals surface area contributed by atoms with Crippen LogP contribution in [0.5, 0.6) is 0 Å². The van der Waals surface area contributed by atoms with Crippen LogP contribution in [0.25, 0.3) is 11.1 Å². The van der Waals surface area contributed by atoms with Crippen LogP contribution in [0, 0.1) is 5.92 Å². The molecule has 0 spiro atoms. The van der Waals surface area contributed by atoms with Gasteiger partial charge in [0.15, 0.2) is 5.58 Å². The first-order chi connectivity index (χ1) is 19.9. The summed E-state index contributed by atoms with van der Waals surface area (Å²) in [5.41, 5.74) is 1.27. The lowest BCUT2D eigenvalue weighted by Gasteiger charge is -2.33. The van der Waals surface area contributed by atoms with Crippen molar-refractivity contribution in [3.05, 3.63) is 47.6 Å². The molecule has 1 unspecified atom stereocenters. The molecule has 0 bridgehead atoms. The van der Waals surface area contributed by atoms with Crippen molar-refractivity contribution in [3.63, 3.8) is 0 Å². The summed E-state index contributed by atoms with van der Waals surface area (Å²) < 4.78 is 81.5. The molecule has 2 aliphatic rings. The van der Waals surface area contributed by atoms with Crippen LogP contribution < -0.4 is 10.6 Å². The number of hydrogen-bond donors (Lipinski definition) is 2. The monoisotopic (exact) mass is 598 g/mol. The van der Waals surface area contributed by atoms with E-state index in [0.29, 0.717) is 18.5 Å². The lowest BCUT2D eigenvalue weighted by Crippen LogP contribution is -2.40. The Morgan fingerprint density at radius 3 is 2.76 bits per heavy atom. The van der Waals surface area contributed by atoms with Crippen molar-refractivity contribution in [3.8, 4) is 0 Å². The number of carbonyl (C=O) groups is 2. The number of rotatable bonds is 9. The first-order valence-corrected chi connectivity index (χ1v) is 13.6. The van der Waals surface area contributed by atoms with Gasteiger partial charge in [-0.15, -0.1) is 0 Å². The van der Waals surface area contributed by atoms with Gasteiger partial charge in [-0.05, 0) is 49.4 Å². The molecule has 2 N–H and O–H groups in total. The van der Waals surface area contributed by atoms with E-state index in [-0.39, 0.29) is 42.1 Å². The predicted molar refractivity (Wildman–Crippen MR) is 139 cm³/mol. The molecule has 228 valence electrons. The molecule has 1 saturated carbocycles. The van der Waals surface area contributed by atoms with E-state index in [9.17, 15) is 31.5 Å². The maximum Gasteiger partial charge on any atom is 0.410 e. The molecule has 1 aromatic carbocycles. The van der Waals surface area contributed by atoms with E-state index in [1.807, 2.05) is 12.2 Å². The molecule has 15 heteroatoms. The van der Waals surface area contributed by atoms with E-state index >= 15 is 0 Å². The van der Waals surface area contributed by atoms with Crippen LogP contribution in [0.2, 0.25) is 0 Å². The Hall–Kier alpha value is -3.75. The van der Waals surface area contributed by atoms with Gasteiger partial charge in [0.2, 0.25) is 11.8 Å². The number of nitrogens with one attached hydrogen (secondary N) is 2. The topological polar surface area (TPSA) is 115 Å². The smallest absolute Gasteiger partial charge is 0.410 e. The lowest BCUT2D eigenvalue weighted by molar-refractivity contribution is -0.150. The molecule has 1 aliphatic carbocycles. The quantitative estimate of drug-likeness (QED) is 0.336. The zero-order valence-corrected chi connectivity index (χ0v) is 23.0. The van der Waals surface area contributed by atoms with E-state index in [0.717, 1.165) is 4.90 Å². The maximum atomic E-state index is 14.5. The van der Waals surface area contributed by atoms with Crippen LogP contribution in [0.1, 0.15) is 66.6 Å². The number of aromatic nitrogens is 3. The summed E-state index contributed by atoms with van der Waals surface area (Å²) in [5.74, 6) is -4.07. The normalized spacial score (nSPS) is 22.3. The molecule has 2 fully saturated rings. The average molecular weight is 599 g/mol. The molecular formula is C27H31F5N6O4. The van der Waals surface area contributed by atoms with Crippen molar-refractivity contribution >= 4 is 23.0 Å².